The summed E-state index contributed by atoms with van der Waals surface area (Å²) in [5.74, 6) is -0.271. The summed E-state index contributed by atoms with van der Waals surface area (Å²) in [6.07, 6.45) is 0.945. The van der Waals surface area contributed by atoms with Crippen molar-refractivity contribution in [3.05, 3.63) is 35.0 Å². The second-order valence-corrected chi connectivity index (χ2v) is 8.63. The molecule has 6 nitrogen and oxygen atoms in total. The number of hydrogen-bond acceptors (Lipinski definition) is 7. The minimum Gasteiger partial charge on any atom is -0.369 e. The van der Waals surface area contributed by atoms with Gasteiger partial charge >= 0.3 is 0 Å². The number of fused-ring (bicyclic) bond motifs is 1. The summed E-state index contributed by atoms with van der Waals surface area (Å²) < 4.78 is 2.02. The Morgan fingerprint density at radius 3 is 2.80 bits per heavy atom. The summed E-state index contributed by atoms with van der Waals surface area (Å²) in [6.45, 7) is 1.84. The summed E-state index contributed by atoms with van der Waals surface area (Å²) in [6, 6.07) is 7.94. The number of anilines is 1. The zero-order chi connectivity index (χ0) is 17.8. The Balaban J connectivity index is 1.55. The summed E-state index contributed by atoms with van der Waals surface area (Å²) in [4.78, 5) is 31.9. The fraction of sp³-hybridized carbons (Fsp3) is 0.250. The first-order valence-electron chi connectivity index (χ1n) is 7.54. The Morgan fingerprint density at radius 1 is 1.24 bits per heavy atom. The normalized spacial score (nSPS) is 10.9. The third-order valence-electron chi connectivity index (χ3n) is 3.25. The second-order valence-electron chi connectivity index (χ2n) is 5.27. The van der Waals surface area contributed by atoms with Gasteiger partial charge in [0.2, 0.25) is 11.8 Å². The summed E-state index contributed by atoms with van der Waals surface area (Å²) in [7, 11) is 0. The van der Waals surface area contributed by atoms with Gasteiger partial charge in [-0.1, -0.05) is 23.5 Å². The molecule has 0 saturated heterocycles. The summed E-state index contributed by atoms with van der Waals surface area (Å²) in [5.41, 5.74) is 6.91. The second kappa shape index (κ2) is 7.94. The van der Waals surface area contributed by atoms with Crippen LogP contribution in [0, 0.1) is 6.92 Å². The lowest BCUT2D eigenvalue weighted by atomic mass is 10.3. The van der Waals surface area contributed by atoms with E-state index in [9.17, 15) is 9.59 Å². The standard InChI is InChI=1S/C16H16N4O2S3/c1-9-15(23-8-12(17)21)25-16(18-9)20-13(22)6-7-14-19-10-4-2-3-5-11(10)24-14/h2-5H,6-8H2,1H3,(H2,17,21)(H,18,20,22). The number of primary amides is 1. The molecule has 25 heavy (non-hydrogen) atoms. The van der Waals surface area contributed by atoms with E-state index in [0.29, 0.717) is 18.0 Å². The molecule has 3 aromatic rings. The first-order chi connectivity index (χ1) is 12.0. The van der Waals surface area contributed by atoms with Crippen molar-refractivity contribution in [3.63, 3.8) is 0 Å². The molecular weight excluding hydrogens is 376 g/mol. The van der Waals surface area contributed by atoms with Crippen LogP contribution in [-0.2, 0) is 16.0 Å². The molecule has 2 heterocycles. The van der Waals surface area contributed by atoms with E-state index in [1.54, 1.807) is 11.3 Å². The number of aromatic nitrogens is 2. The molecule has 3 N–H and O–H groups in total. The van der Waals surface area contributed by atoms with Crippen LogP contribution in [0.3, 0.4) is 0 Å². The van der Waals surface area contributed by atoms with Crippen LogP contribution in [-0.4, -0.2) is 27.5 Å². The molecule has 9 heteroatoms. The number of nitrogens with two attached hydrogens (primary N) is 1. The van der Waals surface area contributed by atoms with Crippen LogP contribution >= 0.6 is 34.4 Å². The van der Waals surface area contributed by atoms with Gasteiger partial charge in [-0.25, -0.2) is 9.97 Å². The Labute approximate surface area is 156 Å². The van der Waals surface area contributed by atoms with Crippen LogP contribution in [0.2, 0.25) is 0 Å². The molecule has 0 bridgehead atoms. The van der Waals surface area contributed by atoms with Crippen LogP contribution in [0.1, 0.15) is 17.1 Å². The van der Waals surface area contributed by atoms with Crippen LogP contribution in [0.5, 0.6) is 0 Å². The number of rotatable bonds is 7. The van der Waals surface area contributed by atoms with Gasteiger partial charge in [-0.05, 0) is 19.1 Å². The first kappa shape index (κ1) is 17.8. The quantitative estimate of drug-likeness (QED) is 0.602. The van der Waals surface area contributed by atoms with E-state index in [4.69, 9.17) is 5.73 Å². The lowest BCUT2D eigenvalue weighted by Crippen LogP contribution is -2.12. The highest BCUT2D eigenvalue weighted by atomic mass is 32.2. The van der Waals surface area contributed by atoms with Crippen molar-refractivity contribution in [2.45, 2.75) is 24.0 Å². The number of benzene rings is 1. The molecular formula is C16H16N4O2S3. The third kappa shape index (κ3) is 4.77. The van der Waals surface area contributed by atoms with Crippen molar-refractivity contribution in [1.82, 2.24) is 9.97 Å². The maximum absolute atomic E-state index is 12.1. The van der Waals surface area contributed by atoms with Gasteiger partial charge < -0.3 is 11.1 Å². The lowest BCUT2D eigenvalue weighted by molar-refractivity contribution is -0.116. The molecule has 0 aliphatic heterocycles. The number of nitrogens with zero attached hydrogens (tertiary/aromatic N) is 2. The highest BCUT2D eigenvalue weighted by Gasteiger charge is 2.12. The van der Waals surface area contributed by atoms with Crippen molar-refractivity contribution >= 4 is 61.6 Å². The molecule has 0 atom stereocenters. The molecule has 2 amide bonds. The number of nitrogens with one attached hydrogen (secondary N) is 1. The molecule has 0 aliphatic rings. The topological polar surface area (TPSA) is 98.0 Å². The van der Waals surface area contributed by atoms with E-state index in [1.165, 1.54) is 23.1 Å². The van der Waals surface area contributed by atoms with Gasteiger partial charge in [-0.15, -0.1) is 23.1 Å². The van der Waals surface area contributed by atoms with Crippen LogP contribution < -0.4 is 11.1 Å². The van der Waals surface area contributed by atoms with E-state index < -0.39 is 0 Å². The Hall–Kier alpha value is -1.97. The fourth-order valence-corrected chi connectivity index (χ4v) is 5.00. The zero-order valence-electron chi connectivity index (χ0n) is 13.4. The monoisotopic (exact) mass is 392 g/mol. The zero-order valence-corrected chi connectivity index (χ0v) is 15.9. The molecule has 0 fully saturated rings. The van der Waals surface area contributed by atoms with E-state index in [0.717, 1.165) is 25.1 Å². The third-order valence-corrected chi connectivity index (χ3v) is 6.80. The number of carbonyl (C=O) groups excluding carboxylic acids is 2. The van der Waals surface area contributed by atoms with Crippen molar-refractivity contribution < 1.29 is 9.59 Å². The largest absolute Gasteiger partial charge is 0.369 e. The summed E-state index contributed by atoms with van der Waals surface area (Å²) >= 11 is 4.30. The Morgan fingerprint density at radius 2 is 2.04 bits per heavy atom. The predicted molar refractivity (Wildman–Crippen MR) is 103 cm³/mol. The SMILES string of the molecule is Cc1nc(NC(=O)CCc2nc3ccccc3s2)sc1SCC(N)=O. The molecule has 0 saturated carbocycles. The number of carbonyl (C=O) groups is 2. The molecule has 0 spiro atoms. The highest BCUT2D eigenvalue weighted by Crippen LogP contribution is 2.32. The van der Waals surface area contributed by atoms with Crippen LogP contribution in [0.4, 0.5) is 5.13 Å². The van der Waals surface area contributed by atoms with Crippen molar-refractivity contribution in [3.8, 4) is 0 Å². The number of para-hydroxylation sites is 1. The molecule has 2 aromatic heterocycles. The average molecular weight is 393 g/mol. The Kier molecular flexibility index (Phi) is 5.67. The average Bonchev–Trinajstić information content (AvgIpc) is 3.13. The molecule has 130 valence electrons. The van der Waals surface area contributed by atoms with E-state index in [-0.39, 0.29) is 17.6 Å². The van der Waals surface area contributed by atoms with E-state index >= 15 is 0 Å². The number of hydrogen-bond donors (Lipinski definition) is 2. The van der Waals surface area contributed by atoms with Gasteiger partial charge in [0.1, 0.15) is 0 Å². The fourth-order valence-electron chi connectivity index (χ4n) is 2.14. The molecule has 0 unspecified atom stereocenters. The van der Waals surface area contributed by atoms with Gasteiger partial charge in [0, 0.05) is 12.8 Å². The van der Waals surface area contributed by atoms with E-state index in [1.807, 2.05) is 31.2 Å². The van der Waals surface area contributed by atoms with Crippen LogP contribution in [0.15, 0.2) is 28.5 Å². The summed E-state index contributed by atoms with van der Waals surface area (Å²) in [5, 5.41) is 4.30. The molecule has 3 rings (SSSR count). The number of thioether (sulfide) groups is 1. The minimum atomic E-state index is -0.376. The van der Waals surface area contributed by atoms with Gasteiger partial charge in [-0.3, -0.25) is 9.59 Å². The van der Waals surface area contributed by atoms with Gasteiger partial charge in [-0.2, -0.15) is 0 Å². The maximum atomic E-state index is 12.1. The Bertz CT molecular complexity index is 886. The molecule has 0 aliphatic carbocycles. The first-order valence-corrected chi connectivity index (χ1v) is 10.2. The number of aryl methyl sites for hydroxylation is 2. The molecule has 0 radical (unpaired) electrons. The van der Waals surface area contributed by atoms with Crippen molar-refractivity contribution in [2.75, 3.05) is 11.1 Å². The number of thiazole rings is 2. The van der Waals surface area contributed by atoms with Gasteiger partial charge in [0.05, 0.1) is 30.9 Å². The van der Waals surface area contributed by atoms with E-state index in [2.05, 4.69) is 15.3 Å². The number of amides is 2. The minimum absolute atomic E-state index is 0.0977. The van der Waals surface area contributed by atoms with Gasteiger partial charge in [0.15, 0.2) is 5.13 Å². The molecule has 1 aromatic carbocycles. The highest BCUT2D eigenvalue weighted by molar-refractivity contribution is 8.01. The van der Waals surface area contributed by atoms with Gasteiger partial charge in [0.25, 0.3) is 0 Å². The smallest absolute Gasteiger partial charge is 0.227 e. The van der Waals surface area contributed by atoms with Crippen molar-refractivity contribution in [1.29, 1.82) is 0 Å². The lowest BCUT2D eigenvalue weighted by Gasteiger charge is -1.99. The predicted octanol–water partition coefficient (Wildman–Crippen LogP) is 3.21. The maximum Gasteiger partial charge on any atom is 0.227 e. The van der Waals surface area contributed by atoms with Crippen molar-refractivity contribution in [2.24, 2.45) is 5.73 Å². The van der Waals surface area contributed by atoms with Crippen LogP contribution in [0.25, 0.3) is 10.2 Å².